The fourth-order valence-electron chi connectivity index (χ4n) is 1.66. The van der Waals surface area contributed by atoms with E-state index in [0.717, 1.165) is 11.0 Å². The normalized spacial score (nSPS) is 11.4. The molecule has 0 spiro atoms. The number of aliphatic carboxylic acids is 1. The van der Waals surface area contributed by atoms with Crippen LogP contribution >= 0.6 is 15.9 Å². The van der Waals surface area contributed by atoms with E-state index in [1.54, 1.807) is 0 Å². The van der Waals surface area contributed by atoms with E-state index >= 15 is 0 Å². The minimum absolute atomic E-state index is 0.0440. The molecule has 1 aromatic carbocycles. The first kappa shape index (κ1) is 16.8. The van der Waals surface area contributed by atoms with Crippen molar-refractivity contribution in [2.75, 3.05) is 31.7 Å². The number of rotatable bonds is 6. The predicted molar refractivity (Wildman–Crippen MR) is 70.9 cm³/mol. The Bertz CT molecular complexity index is 480. The Morgan fingerprint density at radius 2 is 2.10 bits per heavy atom. The lowest BCUT2D eigenvalue weighted by Gasteiger charge is -2.26. The summed E-state index contributed by atoms with van der Waals surface area (Å²) in [6.45, 7) is -0.373. The molecule has 0 bridgehead atoms. The van der Waals surface area contributed by atoms with Gasteiger partial charge in [-0.05, 0) is 18.2 Å². The predicted octanol–water partition coefficient (Wildman–Crippen LogP) is 3.01. The molecular formula is C12H13BrF3NO3. The highest BCUT2D eigenvalue weighted by Gasteiger charge is 2.35. The minimum Gasteiger partial charge on any atom is -0.480 e. The summed E-state index contributed by atoms with van der Waals surface area (Å²) < 4.78 is 44.2. The fourth-order valence-corrected chi connectivity index (χ4v) is 2.00. The van der Waals surface area contributed by atoms with Gasteiger partial charge < -0.3 is 14.7 Å². The maximum Gasteiger partial charge on any atom is 0.418 e. The maximum absolute atomic E-state index is 13.0. The number of hydrogen-bond donors (Lipinski definition) is 1. The Kier molecular flexibility index (Phi) is 5.82. The Hall–Kier alpha value is -1.28. The molecule has 0 unspecified atom stereocenters. The van der Waals surface area contributed by atoms with Gasteiger partial charge in [0.25, 0.3) is 0 Å². The van der Waals surface area contributed by atoms with Crippen LogP contribution in [-0.2, 0) is 15.7 Å². The molecule has 0 atom stereocenters. The SMILES string of the molecule is COCCN(CC(=O)O)c1cc(Br)ccc1C(F)(F)F. The molecule has 1 rings (SSSR count). The third kappa shape index (κ3) is 4.68. The van der Waals surface area contributed by atoms with Crippen LogP contribution in [0.4, 0.5) is 18.9 Å². The van der Waals surface area contributed by atoms with Crippen molar-refractivity contribution >= 4 is 27.6 Å². The largest absolute Gasteiger partial charge is 0.480 e. The molecule has 0 saturated carbocycles. The number of hydrogen-bond acceptors (Lipinski definition) is 3. The average Bonchev–Trinajstić information content (AvgIpc) is 2.32. The molecule has 0 aliphatic heterocycles. The van der Waals surface area contributed by atoms with Gasteiger partial charge in [-0.15, -0.1) is 0 Å². The summed E-state index contributed by atoms with van der Waals surface area (Å²) in [5.41, 5.74) is -1.07. The molecule has 1 aromatic rings. The highest BCUT2D eigenvalue weighted by Crippen LogP contribution is 2.38. The monoisotopic (exact) mass is 355 g/mol. The van der Waals surface area contributed by atoms with E-state index in [9.17, 15) is 18.0 Å². The van der Waals surface area contributed by atoms with E-state index in [1.807, 2.05) is 0 Å². The highest BCUT2D eigenvalue weighted by atomic mass is 79.9. The number of carboxylic acid groups (broad SMARTS) is 1. The van der Waals surface area contributed by atoms with Crippen LogP contribution in [0.5, 0.6) is 0 Å². The van der Waals surface area contributed by atoms with E-state index in [4.69, 9.17) is 9.84 Å². The number of ether oxygens (including phenoxy) is 1. The molecule has 0 aliphatic rings. The second-order valence-electron chi connectivity index (χ2n) is 3.97. The zero-order valence-corrected chi connectivity index (χ0v) is 12.2. The van der Waals surface area contributed by atoms with Crippen molar-refractivity contribution < 1.29 is 27.8 Å². The molecule has 0 aliphatic carbocycles. The van der Waals surface area contributed by atoms with Gasteiger partial charge in [-0.1, -0.05) is 15.9 Å². The second-order valence-corrected chi connectivity index (χ2v) is 4.88. The molecule has 4 nitrogen and oxygen atoms in total. The average molecular weight is 356 g/mol. The first-order chi connectivity index (χ1) is 9.25. The van der Waals surface area contributed by atoms with Gasteiger partial charge in [0.15, 0.2) is 0 Å². The van der Waals surface area contributed by atoms with E-state index in [-0.39, 0.29) is 18.8 Å². The molecular weight excluding hydrogens is 343 g/mol. The first-order valence-corrected chi connectivity index (χ1v) is 6.37. The zero-order valence-electron chi connectivity index (χ0n) is 10.6. The minimum atomic E-state index is -4.56. The summed E-state index contributed by atoms with van der Waals surface area (Å²) in [7, 11) is 1.39. The number of carbonyl (C=O) groups is 1. The third-order valence-corrected chi connectivity index (χ3v) is 2.99. The van der Waals surface area contributed by atoms with Crippen LogP contribution in [0.25, 0.3) is 0 Å². The lowest BCUT2D eigenvalue weighted by Crippen LogP contribution is -2.34. The van der Waals surface area contributed by atoms with Crippen LogP contribution in [-0.4, -0.2) is 37.9 Å². The lowest BCUT2D eigenvalue weighted by molar-refractivity contribution is -0.138. The summed E-state index contributed by atoms with van der Waals surface area (Å²) in [6.07, 6.45) is -4.56. The highest BCUT2D eigenvalue weighted by molar-refractivity contribution is 9.10. The van der Waals surface area contributed by atoms with Crippen molar-refractivity contribution in [3.05, 3.63) is 28.2 Å². The molecule has 1 N–H and O–H groups in total. The van der Waals surface area contributed by atoms with Gasteiger partial charge in [0.1, 0.15) is 6.54 Å². The van der Waals surface area contributed by atoms with Gasteiger partial charge in [-0.25, -0.2) is 0 Å². The van der Waals surface area contributed by atoms with Crippen molar-refractivity contribution in [3.63, 3.8) is 0 Å². The van der Waals surface area contributed by atoms with Crippen LogP contribution in [0, 0.1) is 0 Å². The van der Waals surface area contributed by atoms with Crippen molar-refractivity contribution in [1.29, 1.82) is 0 Å². The standard InChI is InChI=1S/C12H13BrF3NO3/c1-20-5-4-17(7-11(18)19)10-6-8(13)2-3-9(10)12(14,15)16/h2-3,6H,4-5,7H2,1H3,(H,18,19). The molecule has 0 amide bonds. The third-order valence-electron chi connectivity index (χ3n) is 2.50. The molecule has 0 fully saturated rings. The molecule has 112 valence electrons. The number of carboxylic acids is 1. The fraction of sp³-hybridized carbons (Fsp3) is 0.417. The van der Waals surface area contributed by atoms with Gasteiger partial charge in [0.05, 0.1) is 17.9 Å². The molecule has 0 saturated heterocycles. The van der Waals surface area contributed by atoms with Crippen molar-refractivity contribution in [1.82, 2.24) is 0 Å². The first-order valence-electron chi connectivity index (χ1n) is 5.58. The maximum atomic E-state index is 13.0. The zero-order chi connectivity index (χ0) is 15.3. The second kappa shape index (κ2) is 6.94. The van der Waals surface area contributed by atoms with Crippen LogP contribution < -0.4 is 4.90 Å². The molecule has 20 heavy (non-hydrogen) atoms. The Morgan fingerprint density at radius 3 is 2.60 bits per heavy atom. The summed E-state index contributed by atoms with van der Waals surface area (Å²) in [5.74, 6) is -1.21. The Labute approximate surface area is 122 Å². The van der Waals surface area contributed by atoms with Gasteiger partial charge in [0.2, 0.25) is 0 Å². The summed E-state index contributed by atoms with van der Waals surface area (Å²) in [4.78, 5) is 11.9. The molecule has 8 heteroatoms. The Morgan fingerprint density at radius 1 is 1.45 bits per heavy atom. The smallest absolute Gasteiger partial charge is 0.418 e. The van der Waals surface area contributed by atoms with Crippen LogP contribution in [0.15, 0.2) is 22.7 Å². The van der Waals surface area contributed by atoms with Gasteiger partial charge in [0, 0.05) is 18.1 Å². The van der Waals surface area contributed by atoms with Gasteiger partial charge >= 0.3 is 12.1 Å². The number of benzene rings is 1. The van der Waals surface area contributed by atoms with Crippen LogP contribution in [0.3, 0.4) is 0 Å². The molecule has 0 radical (unpaired) electrons. The molecule has 0 heterocycles. The number of alkyl halides is 3. The van der Waals surface area contributed by atoms with Crippen molar-refractivity contribution in [2.45, 2.75) is 6.18 Å². The van der Waals surface area contributed by atoms with Crippen LogP contribution in [0.1, 0.15) is 5.56 Å². The van der Waals surface area contributed by atoms with Crippen molar-refractivity contribution in [3.8, 4) is 0 Å². The number of nitrogens with zero attached hydrogens (tertiary/aromatic N) is 1. The summed E-state index contributed by atoms with van der Waals surface area (Å²) in [5, 5.41) is 8.83. The Balaban J connectivity index is 3.22. The topological polar surface area (TPSA) is 49.8 Å². The molecule has 0 aromatic heterocycles. The number of methoxy groups -OCH3 is 1. The number of halogens is 4. The van der Waals surface area contributed by atoms with Gasteiger partial charge in [-0.3, -0.25) is 4.79 Å². The lowest BCUT2D eigenvalue weighted by atomic mass is 10.1. The quantitative estimate of drug-likeness (QED) is 0.852. The van der Waals surface area contributed by atoms with E-state index in [0.29, 0.717) is 4.47 Å². The van der Waals surface area contributed by atoms with Crippen molar-refractivity contribution in [2.24, 2.45) is 0 Å². The summed E-state index contributed by atoms with van der Waals surface area (Å²) >= 11 is 3.09. The van der Waals surface area contributed by atoms with E-state index in [1.165, 1.54) is 19.2 Å². The summed E-state index contributed by atoms with van der Waals surface area (Å²) in [6, 6.07) is 3.43. The van der Waals surface area contributed by atoms with E-state index in [2.05, 4.69) is 15.9 Å². The van der Waals surface area contributed by atoms with Gasteiger partial charge in [-0.2, -0.15) is 13.2 Å². The van der Waals surface area contributed by atoms with E-state index < -0.39 is 24.3 Å². The van der Waals surface area contributed by atoms with Crippen LogP contribution in [0.2, 0.25) is 0 Å². The number of anilines is 1.